The molecule has 0 aromatic heterocycles. The van der Waals surface area contributed by atoms with E-state index in [1.807, 2.05) is 36.4 Å². The first kappa shape index (κ1) is 10.5. The van der Waals surface area contributed by atoms with Gasteiger partial charge >= 0.3 is 0 Å². The normalized spacial score (nSPS) is 15.9. The number of benzene rings is 2. The highest BCUT2D eigenvalue weighted by Crippen LogP contribution is 2.35. The van der Waals surface area contributed by atoms with Crippen molar-refractivity contribution in [3.8, 4) is 0 Å². The van der Waals surface area contributed by atoms with Gasteiger partial charge in [-0.05, 0) is 34.8 Å². The van der Waals surface area contributed by atoms with E-state index in [0.717, 1.165) is 28.7 Å². The molecule has 0 N–H and O–H groups in total. The molecule has 2 aliphatic rings. The van der Waals surface area contributed by atoms with Gasteiger partial charge in [0, 0.05) is 11.1 Å². The molecule has 2 aromatic carbocycles. The summed E-state index contributed by atoms with van der Waals surface area (Å²) < 4.78 is 0. The maximum absolute atomic E-state index is 12.4. The topological polar surface area (TPSA) is 17.1 Å². The zero-order valence-corrected chi connectivity index (χ0v) is 10.4. The molecular formula is C18H12O. The van der Waals surface area contributed by atoms with E-state index in [0.29, 0.717) is 0 Å². The van der Waals surface area contributed by atoms with Crippen molar-refractivity contribution in [1.29, 1.82) is 0 Å². The van der Waals surface area contributed by atoms with Crippen molar-refractivity contribution >= 4 is 17.9 Å². The molecular weight excluding hydrogens is 232 g/mol. The average Bonchev–Trinajstić information content (AvgIpc) is 3.00. The molecule has 0 radical (unpaired) electrons. The van der Waals surface area contributed by atoms with Gasteiger partial charge in [-0.15, -0.1) is 0 Å². The van der Waals surface area contributed by atoms with Gasteiger partial charge in [0.15, 0.2) is 5.78 Å². The molecule has 0 bridgehead atoms. The summed E-state index contributed by atoms with van der Waals surface area (Å²) in [6, 6.07) is 16.1. The Labute approximate surface area is 111 Å². The second-order valence-corrected chi connectivity index (χ2v) is 5.02. The second-order valence-electron chi connectivity index (χ2n) is 5.02. The van der Waals surface area contributed by atoms with Crippen LogP contribution in [0.15, 0.2) is 59.7 Å². The van der Waals surface area contributed by atoms with Crippen molar-refractivity contribution in [2.45, 2.75) is 6.42 Å². The van der Waals surface area contributed by atoms with Crippen LogP contribution in [0.1, 0.15) is 27.0 Å². The summed E-state index contributed by atoms with van der Waals surface area (Å²) in [4.78, 5) is 12.4. The van der Waals surface area contributed by atoms with E-state index in [2.05, 4.69) is 24.3 Å². The third kappa shape index (κ3) is 1.52. The maximum Gasteiger partial charge on any atom is 0.193 e. The Bertz CT molecular complexity index is 763. The Morgan fingerprint density at radius 3 is 2.32 bits per heavy atom. The quantitative estimate of drug-likeness (QED) is 0.743. The van der Waals surface area contributed by atoms with Gasteiger partial charge in [-0.25, -0.2) is 0 Å². The maximum atomic E-state index is 12.4. The minimum Gasteiger partial charge on any atom is -0.289 e. The molecule has 0 atom stereocenters. The zero-order chi connectivity index (χ0) is 12.8. The Balaban J connectivity index is 1.77. The van der Waals surface area contributed by atoms with E-state index in [-0.39, 0.29) is 5.78 Å². The molecule has 0 aliphatic heterocycles. The van der Waals surface area contributed by atoms with Crippen molar-refractivity contribution in [2.24, 2.45) is 0 Å². The van der Waals surface area contributed by atoms with Crippen LogP contribution in [-0.4, -0.2) is 5.78 Å². The Kier molecular flexibility index (Phi) is 2.10. The SMILES string of the molecule is O=C1C(C2=Cc3ccccc3C2)=Cc2ccccc21. The van der Waals surface area contributed by atoms with Gasteiger partial charge in [-0.3, -0.25) is 4.79 Å². The third-order valence-electron chi connectivity index (χ3n) is 3.86. The lowest BCUT2D eigenvalue weighted by atomic mass is 10.0. The molecule has 0 fully saturated rings. The first-order valence-electron chi connectivity index (χ1n) is 6.47. The molecule has 0 saturated heterocycles. The van der Waals surface area contributed by atoms with Crippen LogP contribution in [0.5, 0.6) is 0 Å². The molecule has 0 heterocycles. The molecule has 2 aliphatic carbocycles. The van der Waals surface area contributed by atoms with Crippen molar-refractivity contribution in [2.75, 3.05) is 0 Å². The summed E-state index contributed by atoms with van der Waals surface area (Å²) >= 11 is 0. The number of ketones is 1. The van der Waals surface area contributed by atoms with Crippen molar-refractivity contribution in [3.63, 3.8) is 0 Å². The van der Waals surface area contributed by atoms with Crippen LogP contribution in [-0.2, 0) is 6.42 Å². The number of carbonyl (C=O) groups is 1. The molecule has 0 unspecified atom stereocenters. The van der Waals surface area contributed by atoms with Gasteiger partial charge in [0.05, 0.1) is 0 Å². The van der Waals surface area contributed by atoms with E-state index in [9.17, 15) is 4.79 Å². The van der Waals surface area contributed by atoms with Crippen molar-refractivity contribution in [1.82, 2.24) is 0 Å². The predicted molar refractivity (Wildman–Crippen MR) is 76.9 cm³/mol. The molecule has 0 saturated carbocycles. The minimum atomic E-state index is 0.162. The van der Waals surface area contributed by atoms with Gasteiger partial charge < -0.3 is 0 Å². The fourth-order valence-corrected chi connectivity index (χ4v) is 2.89. The molecule has 0 amide bonds. The summed E-state index contributed by atoms with van der Waals surface area (Å²) in [6.07, 6.45) is 5.03. The van der Waals surface area contributed by atoms with Crippen molar-refractivity contribution < 1.29 is 4.79 Å². The summed E-state index contributed by atoms with van der Waals surface area (Å²) in [5.41, 5.74) is 6.41. The summed E-state index contributed by atoms with van der Waals surface area (Å²) in [6.45, 7) is 0. The molecule has 19 heavy (non-hydrogen) atoms. The molecule has 1 heteroatoms. The number of carbonyl (C=O) groups excluding carboxylic acids is 1. The molecule has 4 rings (SSSR count). The lowest BCUT2D eigenvalue weighted by Gasteiger charge is -2.01. The fourth-order valence-electron chi connectivity index (χ4n) is 2.89. The predicted octanol–water partition coefficient (Wildman–Crippen LogP) is 3.91. The highest BCUT2D eigenvalue weighted by Gasteiger charge is 2.26. The summed E-state index contributed by atoms with van der Waals surface area (Å²) in [5, 5.41) is 0. The first-order valence-corrected chi connectivity index (χ1v) is 6.47. The lowest BCUT2D eigenvalue weighted by Crippen LogP contribution is -2.01. The van der Waals surface area contributed by atoms with Gasteiger partial charge in [0.2, 0.25) is 0 Å². The lowest BCUT2D eigenvalue weighted by molar-refractivity contribution is 0.104. The molecule has 1 nitrogen and oxygen atoms in total. The monoisotopic (exact) mass is 244 g/mol. The van der Waals surface area contributed by atoms with Gasteiger partial charge in [-0.2, -0.15) is 0 Å². The van der Waals surface area contributed by atoms with E-state index >= 15 is 0 Å². The van der Waals surface area contributed by atoms with E-state index < -0.39 is 0 Å². The van der Waals surface area contributed by atoms with Crippen LogP contribution in [0.2, 0.25) is 0 Å². The van der Waals surface area contributed by atoms with Gasteiger partial charge in [0.1, 0.15) is 0 Å². The highest BCUT2D eigenvalue weighted by atomic mass is 16.1. The Morgan fingerprint density at radius 1 is 0.789 bits per heavy atom. The smallest absolute Gasteiger partial charge is 0.193 e. The standard InChI is InChI=1S/C18H12O/c19-18-16-8-4-3-7-14(16)11-17(18)15-9-12-5-1-2-6-13(12)10-15/h1-9,11H,10H2. The van der Waals surface area contributed by atoms with E-state index in [1.165, 1.54) is 11.1 Å². The van der Waals surface area contributed by atoms with Crippen LogP contribution < -0.4 is 0 Å². The van der Waals surface area contributed by atoms with Crippen LogP contribution in [0.25, 0.3) is 12.2 Å². The van der Waals surface area contributed by atoms with E-state index in [4.69, 9.17) is 0 Å². The van der Waals surface area contributed by atoms with E-state index in [1.54, 1.807) is 0 Å². The largest absolute Gasteiger partial charge is 0.289 e. The van der Waals surface area contributed by atoms with Crippen LogP contribution in [0.4, 0.5) is 0 Å². The summed E-state index contributed by atoms with van der Waals surface area (Å²) in [5.74, 6) is 0.162. The van der Waals surface area contributed by atoms with Crippen LogP contribution in [0, 0.1) is 0 Å². The number of Topliss-reactive ketones (excluding diaryl/α,β-unsaturated/α-hetero) is 1. The number of hydrogen-bond acceptors (Lipinski definition) is 1. The van der Waals surface area contributed by atoms with Gasteiger partial charge in [-0.1, -0.05) is 54.6 Å². The number of allylic oxidation sites excluding steroid dienone is 2. The highest BCUT2D eigenvalue weighted by molar-refractivity contribution is 6.21. The minimum absolute atomic E-state index is 0.162. The zero-order valence-electron chi connectivity index (χ0n) is 10.4. The number of fused-ring (bicyclic) bond motifs is 2. The average molecular weight is 244 g/mol. The molecule has 2 aromatic rings. The molecule has 90 valence electrons. The first-order chi connectivity index (χ1) is 9.33. The van der Waals surface area contributed by atoms with Crippen molar-refractivity contribution in [3.05, 3.63) is 81.9 Å². The third-order valence-corrected chi connectivity index (χ3v) is 3.86. The van der Waals surface area contributed by atoms with Crippen LogP contribution >= 0.6 is 0 Å². The fraction of sp³-hybridized carbons (Fsp3) is 0.0556. The Hall–Kier alpha value is -2.41. The summed E-state index contributed by atoms with van der Waals surface area (Å²) in [7, 11) is 0. The van der Waals surface area contributed by atoms with Crippen LogP contribution in [0.3, 0.4) is 0 Å². The number of hydrogen-bond donors (Lipinski definition) is 0. The molecule has 0 spiro atoms. The second kappa shape index (κ2) is 3.79. The van der Waals surface area contributed by atoms with Gasteiger partial charge in [0.25, 0.3) is 0 Å². The Morgan fingerprint density at radius 2 is 1.53 bits per heavy atom. The number of rotatable bonds is 1.